The summed E-state index contributed by atoms with van der Waals surface area (Å²) < 4.78 is 7.28. The maximum Gasteiger partial charge on any atom is 0.267 e. The monoisotopic (exact) mass is 582 g/mol. The SMILES string of the molecule is C=CCOc1c(Br)cc(C=C2SC(=Nc3ccccc3)N(Cc3ccccc3)C2=O)cc1Br. The average Bonchev–Trinajstić information content (AvgIpc) is 3.09. The number of hydrogen-bond acceptors (Lipinski definition) is 4. The van der Waals surface area contributed by atoms with E-state index >= 15 is 0 Å². The number of carbonyl (C=O) groups excluding carboxylic acids is 1. The molecule has 166 valence electrons. The molecule has 1 saturated heterocycles. The van der Waals surface area contributed by atoms with Gasteiger partial charge in [-0.1, -0.05) is 61.2 Å². The highest BCUT2D eigenvalue weighted by atomic mass is 79.9. The van der Waals surface area contributed by atoms with Gasteiger partial charge in [0.2, 0.25) is 0 Å². The zero-order valence-corrected chi connectivity index (χ0v) is 21.6. The van der Waals surface area contributed by atoms with E-state index in [1.165, 1.54) is 11.8 Å². The molecule has 0 saturated carbocycles. The van der Waals surface area contributed by atoms with Gasteiger partial charge in [-0.05, 0) is 85.1 Å². The fourth-order valence-electron chi connectivity index (χ4n) is 3.20. The minimum atomic E-state index is -0.0715. The largest absolute Gasteiger partial charge is 0.487 e. The normalized spacial score (nSPS) is 15.9. The van der Waals surface area contributed by atoms with Crippen LogP contribution in [0.2, 0.25) is 0 Å². The number of amidine groups is 1. The van der Waals surface area contributed by atoms with Crippen LogP contribution in [0, 0.1) is 0 Å². The Labute approximate surface area is 214 Å². The molecule has 1 amide bonds. The number of para-hydroxylation sites is 1. The summed E-state index contributed by atoms with van der Waals surface area (Å²) in [5, 5.41) is 0.658. The first-order valence-corrected chi connectivity index (χ1v) is 12.6. The fourth-order valence-corrected chi connectivity index (χ4v) is 5.65. The van der Waals surface area contributed by atoms with Crippen molar-refractivity contribution in [3.8, 4) is 5.75 Å². The van der Waals surface area contributed by atoms with E-state index in [0.717, 1.165) is 25.8 Å². The van der Waals surface area contributed by atoms with Crippen LogP contribution in [0.15, 0.2) is 104 Å². The van der Waals surface area contributed by atoms with E-state index in [2.05, 4.69) is 38.4 Å². The summed E-state index contributed by atoms with van der Waals surface area (Å²) >= 11 is 8.50. The number of rotatable bonds is 7. The van der Waals surface area contributed by atoms with Crippen molar-refractivity contribution in [2.45, 2.75) is 6.54 Å². The van der Waals surface area contributed by atoms with Crippen LogP contribution in [0.25, 0.3) is 6.08 Å². The lowest BCUT2D eigenvalue weighted by atomic mass is 10.2. The zero-order valence-electron chi connectivity index (χ0n) is 17.6. The van der Waals surface area contributed by atoms with E-state index < -0.39 is 0 Å². The molecule has 4 nitrogen and oxygen atoms in total. The third-order valence-electron chi connectivity index (χ3n) is 4.72. The Kier molecular flexibility index (Phi) is 7.85. The molecule has 1 aliphatic heterocycles. The second kappa shape index (κ2) is 11.0. The smallest absolute Gasteiger partial charge is 0.267 e. The third kappa shape index (κ3) is 5.85. The number of nitrogens with zero attached hydrogens (tertiary/aromatic N) is 2. The maximum atomic E-state index is 13.4. The van der Waals surface area contributed by atoms with E-state index in [1.807, 2.05) is 78.9 Å². The van der Waals surface area contributed by atoms with Crippen LogP contribution in [0.5, 0.6) is 5.75 Å². The first-order chi connectivity index (χ1) is 16.0. The number of ether oxygens (including phenoxy) is 1. The van der Waals surface area contributed by atoms with Gasteiger partial charge in [0, 0.05) is 0 Å². The highest BCUT2D eigenvalue weighted by Crippen LogP contribution is 2.38. The first-order valence-electron chi connectivity index (χ1n) is 10.2. The van der Waals surface area contributed by atoms with Crippen LogP contribution in [-0.2, 0) is 11.3 Å². The van der Waals surface area contributed by atoms with Gasteiger partial charge in [-0.2, -0.15) is 0 Å². The second-order valence-electron chi connectivity index (χ2n) is 7.13. The van der Waals surface area contributed by atoms with Crippen LogP contribution in [0.4, 0.5) is 5.69 Å². The number of hydrogen-bond donors (Lipinski definition) is 0. The van der Waals surface area contributed by atoms with Crippen LogP contribution >= 0.6 is 43.6 Å². The Bertz CT molecular complexity index is 1200. The summed E-state index contributed by atoms with van der Waals surface area (Å²) in [6.45, 7) is 4.54. The summed E-state index contributed by atoms with van der Waals surface area (Å²) in [5.74, 6) is 0.622. The molecule has 0 aromatic heterocycles. The molecule has 1 heterocycles. The highest BCUT2D eigenvalue weighted by molar-refractivity contribution is 9.11. The van der Waals surface area contributed by atoms with Crippen molar-refractivity contribution in [3.63, 3.8) is 0 Å². The summed E-state index contributed by atoms with van der Waals surface area (Å²) in [7, 11) is 0. The molecule has 0 N–H and O–H groups in total. The molecular formula is C26H20Br2N2O2S. The Morgan fingerprint density at radius 2 is 1.64 bits per heavy atom. The van der Waals surface area contributed by atoms with E-state index in [9.17, 15) is 4.79 Å². The molecule has 0 atom stereocenters. The maximum absolute atomic E-state index is 13.4. The molecule has 3 aromatic rings. The van der Waals surface area contributed by atoms with Gasteiger partial charge < -0.3 is 4.74 Å². The fraction of sp³-hybridized carbons (Fsp3) is 0.0769. The molecule has 0 aliphatic carbocycles. The average molecular weight is 584 g/mol. The Balaban J connectivity index is 1.68. The topological polar surface area (TPSA) is 41.9 Å². The van der Waals surface area contributed by atoms with Crippen molar-refractivity contribution in [3.05, 3.63) is 110 Å². The molecule has 4 rings (SSSR count). The number of carbonyl (C=O) groups is 1. The van der Waals surface area contributed by atoms with Gasteiger partial charge in [-0.3, -0.25) is 9.69 Å². The van der Waals surface area contributed by atoms with Gasteiger partial charge in [-0.25, -0.2) is 4.99 Å². The lowest BCUT2D eigenvalue weighted by molar-refractivity contribution is -0.122. The van der Waals surface area contributed by atoms with Crippen molar-refractivity contribution in [1.82, 2.24) is 4.90 Å². The standard InChI is InChI=1S/C26H20Br2N2O2S/c1-2-13-32-24-21(27)14-19(15-22(24)28)16-23-25(31)30(17-18-9-5-3-6-10-18)26(33-23)29-20-11-7-4-8-12-20/h2-12,14-16H,1,13,17H2. The second-order valence-corrected chi connectivity index (χ2v) is 9.85. The van der Waals surface area contributed by atoms with Crippen LogP contribution < -0.4 is 4.74 Å². The van der Waals surface area contributed by atoms with E-state index in [0.29, 0.717) is 29.0 Å². The molecular weight excluding hydrogens is 564 g/mol. The van der Waals surface area contributed by atoms with Crippen molar-refractivity contribution >= 4 is 66.5 Å². The van der Waals surface area contributed by atoms with E-state index in [4.69, 9.17) is 9.73 Å². The van der Waals surface area contributed by atoms with Gasteiger partial charge in [0.1, 0.15) is 12.4 Å². The van der Waals surface area contributed by atoms with Gasteiger partial charge in [-0.15, -0.1) is 0 Å². The number of halogens is 2. The van der Waals surface area contributed by atoms with Gasteiger partial charge >= 0.3 is 0 Å². The van der Waals surface area contributed by atoms with E-state index in [1.54, 1.807) is 11.0 Å². The molecule has 0 radical (unpaired) electrons. The lowest BCUT2D eigenvalue weighted by Gasteiger charge is -2.15. The third-order valence-corrected chi connectivity index (χ3v) is 6.90. The molecule has 0 bridgehead atoms. The molecule has 1 aliphatic rings. The predicted octanol–water partition coefficient (Wildman–Crippen LogP) is 7.58. The summed E-state index contributed by atoms with van der Waals surface area (Å²) in [4.78, 5) is 20.5. The molecule has 7 heteroatoms. The molecule has 0 spiro atoms. The van der Waals surface area contributed by atoms with Gasteiger partial charge in [0.05, 0.1) is 26.1 Å². The Morgan fingerprint density at radius 1 is 1.00 bits per heavy atom. The number of aliphatic imine (C=N–C) groups is 1. The molecule has 1 fully saturated rings. The summed E-state index contributed by atoms with van der Waals surface area (Å²) in [6, 6.07) is 23.5. The minimum absolute atomic E-state index is 0.0715. The summed E-state index contributed by atoms with van der Waals surface area (Å²) in [6.07, 6.45) is 3.57. The lowest BCUT2D eigenvalue weighted by Crippen LogP contribution is -2.28. The van der Waals surface area contributed by atoms with Crippen LogP contribution in [0.3, 0.4) is 0 Å². The number of amides is 1. The predicted molar refractivity (Wildman–Crippen MR) is 144 cm³/mol. The van der Waals surface area contributed by atoms with Gasteiger partial charge in [0.25, 0.3) is 5.91 Å². The number of thioether (sulfide) groups is 1. The summed E-state index contributed by atoms with van der Waals surface area (Å²) in [5.41, 5.74) is 2.72. The van der Waals surface area contributed by atoms with Gasteiger partial charge in [0.15, 0.2) is 5.17 Å². The van der Waals surface area contributed by atoms with Crippen molar-refractivity contribution in [1.29, 1.82) is 0 Å². The Hall–Kier alpha value is -2.61. The first kappa shape index (κ1) is 23.5. The van der Waals surface area contributed by atoms with Crippen molar-refractivity contribution in [2.24, 2.45) is 4.99 Å². The Morgan fingerprint density at radius 3 is 2.27 bits per heavy atom. The molecule has 33 heavy (non-hydrogen) atoms. The van der Waals surface area contributed by atoms with Crippen molar-refractivity contribution < 1.29 is 9.53 Å². The minimum Gasteiger partial charge on any atom is -0.487 e. The van der Waals surface area contributed by atoms with Crippen LogP contribution in [0.1, 0.15) is 11.1 Å². The molecule has 3 aromatic carbocycles. The van der Waals surface area contributed by atoms with E-state index in [-0.39, 0.29) is 5.91 Å². The van der Waals surface area contributed by atoms with Crippen molar-refractivity contribution in [2.75, 3.05) is 6.61 Å². The highest BCUT2D eigenvalue weighted by Gasteiger charge is 2.33. The zero-order chi connectivity index (χ0) is 23.2. The number of benzene rings is 3. The quantitative estimate of drug-likeness (QED) is 0.213. The molecule has 0 unspecified atom stereocenters. The van der Waals surface area contributed by atoms with Crippen LogP contribution in [-0.4, -0.2) is 22.6 Å².